The van der Waals surface area contributed by atoms with Crippen LogP contribution in [-0.4, -0.2) is 28.2 Å². The average Bonchev–Trinajstić information content (AvgIpc) is 3.27. The fourth-order valence-corrected chi connectivity index (χ4v) is 3.66. The number of carboxylic acid groups (broad SMARTS) is 1. The summed E-state index contributed by atoms with van der Waals surface area (Å²) in [4.78, 5) is 23.9. The van der Waals surface area contributed by atoms with Crippen molar-refractivity contribution in [3.8, 4) is 17.0 Å². The topological polar surface area (TPSA) is 102 Å². The van der Waals surface area contributed by atoms with E-state index < -0.39 is 17.9 Å². The van der Waals surface area contributed by atoms with Crippen molar-refractivity contribution in [3.63, 3.8) is 0 Å². The number of aromatic nitrogens is 1. The van der Waals surface area contributed by atoms with Gasteiger partial charge in [0.25, 0.3) is 0 Å². The Hall–Kier alpha value is -4.65. The molecule has 1 aromatic heterocycles. The zero-order chi connectivity index (χ0) is 25.3. The molecular weight excluding hydrogens is 456 g/mol. The number of rotatable bonds is 10. The van der Waals surface area contributed by atoms with E-state index in [2.05, 4.69) is 10.5 Å². The van der Waals surface area contributed by atoms with E-state index >= 15 is 0 Å². The molecule has 36 heavy (non-hydrogen) atoms. The second-order valence-corrected chi connectivity index (χ2v) is 8.21. The highest BCUT2D eigenvalue weighted by atomic mass is 16.5. The molecule has 1 amide bonds. The standard InChI is InChI=1S/C29H26N2O5/c1-20-25(28(31-36-20)23-10-6-3-7-11-23)19-35-24-15-12-21(13-16-24)14-17-27(32)30-26(29(33)34)18-22-8-4-2-5-9-22/h2-17,26H,18-19H2,1H3,(H,30,32)(H,33,34)/b17-14+. The Morgan fingerprint density at radius 3 is 2.33 bits per heavy atom. The smallest absolute Gasteiger partial charge is 0.326 e. The van der Waals surface area contributed by atoms with Gasteiger partial charge in [-0.3, -0.25) is 4.79 Å². The minimum absolute atomic E-state index is 0.208. The van der Waals surface area contributed by atoms with Gasteiger partial charge in [-0.15, -0.1) is 0 Å². The monoisotopic (exact) mass is 482 g/mol. The predicted octanol–water partition coefficient (Wildman–Crippen LogP) is 5.05. The second kappa shape index (κ2) is 11.7. The molecule has 0 radical (unpaired) electrons. The molecule has 0 aliphatic heterocycles. The molecule has 0 saturated heterocycles. The molecule has 1 unspecified atom stereocenters. The van der Waals surface area contributed by atoms with E-state index in [4.69, 9.17) is 9.26 Å². The molecule has 4 aromatic rings. The van der Waals surface area contributed by atoms with E-state index in [1.165, 1.54) is 6.08 Å². The summed E-state index contributed by atoms with van der Waals surface area (Å²) in [5.41, 5.74) is 4.21. The summed E-state index contributed by atoms with van der Waals surface area (Å²) in [5, 5.41) is 16.2. The number of hydrogen-bond donors (Lipinski definition) is 2. The fraction of sp³-hybridized carbons (Fsp3) is 0.138. The third-order valence-electron chi connectivity index (χ3n) is 5.62. The Balaban J connectivity index is 1.33. The number of benzene rings is 3. The molecule has 7 heteroatoms. The third-order valence-corrected chi connectivity index (χ3v) is 5.62. The summed E-state index contributed by atoms with van der Waals surface area (Å²) in [6.07, 6.45) is 3.15. The van der Waals surface area contributed by atoms with Gasteiger partial charge in [0, 0.05) is 18.1 Å². The van der Waals surface area contributed by atoms with Crippen LogP contribution in [0.25, 0.3) is 17.3 Å². The van der Waals surface area contributed by atoms with Crippen molar-refractivity contribution in [2.45, 2.75) is 26.0 Å². The number of aliphatic carboxylic acids is 1. The maximum Gasteiger partial charge on any atom is 0.326 e. The van der Waals surface area contributed by atoms with Gasteiger partial charge in [-0.05, 0) is 36.3 Å². The van der Waals surface area contributed by atoms with Gasteiger partial charge in [-0.25, -0.2) is 4.79 Å². The maximum atomic E-state index is 12.3. The summed E-state index contributed by atoms with van der Waals surface area (Å²) < 4.78 is 11.3. The van der Waals surface area contributed by atoms with Crippen LogP contribution in [0.1, 0.15) is 22.5 Å². The molecule has 4 rings (SSSR count). The molecule has 0 spiro atoms. The minimum atomic E-state index is -1.08. The zero-order valence-electron chi connectivity index (χ0n) is 19.8. The molecule has 0 saturated carbocycles. The highest BCUT2D eigenvalue weighted by Crippen LogP contribution is 2.26. The highest BCUT2D eigenvalue weighted by Gasteiger charge is 2.19. The third kappa shape index (κ3) is 6.48. The lowest BCUT2D eigenvalue weighted by atomic mass is 10.1. The van der Waals surface area contributed by atoms with Crippen LogP contribution in [0.3, 0.4) is 0 Å². The number of carbonyl (C=O) groups is 2. The summed E-state index contributed by atoms with van der Waals surface area (Å²) >= 11 is 0. The Morgan fingerprint density at radius 2 is 1.67 bits per heavy atom. The number of carbonyl (C=O) groups excluding carboxylic acids is 1. The number of ether oxygens (including phenoxy) is 1. The van der Waals surface area contributed by atoms with Crippen molar-refractivity contribution in [1.82, 2.24) is 10.5 Å². The summed E-state index contributed by atoms with van der Waals surface area (Å²) in [6, 6.07) is 25.2. The van der Waals surface area contributed by atoms with E-state index in [1.807, 2.05) is 79.7 Å². The lowest BCUT2D eigenvalue weighted by Crippen LogP contribution is -2.41. The van der Waals surface area contributed by atoms with Crippen molar-refractivity contribution >= 4 is 18.0 Å². The molecule has 182 valence electrons. The predicted molar refractivity (Wildman–Crippen MR) is 136 cm³/mol. The Kier molecular flexibility index (Phi) is 7.93. The van der Waals surface area contributed by atoms with Gasteiger partial charge in [0.15, 0.2) is 0 Å². The van der Waals surface area contributed by atoms with Crippen molar-refractivity contribution in [2.24, 2.45) is 0 Å². The Labute approximate surface area is 209 Å². The molecule has 0 fully saturated rings. The number of nitrogens with one attached hydrogen (secondary N) is 1. The molecule has 0 bridgehead atoms. The Morgan fingerprint density at radius 1 is 1.00 bits per heavy atom. The minimum Gasteiger partial charge on any atom is -0.489 e. The molecule has 1 heterocycles. The van der Waals surface area contributed by atoms with Crippen molar-refractivity contribution < 1.29 is 24.0 Å². The van der Waals surface area contributed by atoms with Crippen LogP contribution < -0.4 is 10.1 Å². The van der Waals surface area contributed by atoms with Crippen molar-refractivity contribution in [3.05, 3.63) is 113 Å². The summed E-state index contributed by atoms with van der Waals surface area (Å²) in [6.45, 7) is 2.15. The molecule has 2 N–H and O–H groups in total. The van der Waals surface area contributed by atoms with E-state index in [0.717, 1.165) is 27.9 Å². The van der Waals surface area contributed by atoms with Crippen LogP contribution in [0.4, 0.5) is 0 Å². The quantitative estimate of drug-likeness (QED) is 0.307. The SMILES string of the molecule is Cc1onc(-c2ccccc2)c1COc1ccc(/C=C/C(=O)NC(Cc2ccccc2)C(=O)O)cc1. The van der Waals surface area contributed by atoms with Crippen molar-refractivity contribution in [1.29, 1.82) is 0 Å². The summed E-state index contributed by atoms with van der Waals surface area (Å²) in [7, 11) is 0. The number of amides is 1. The van der Waals surface area contributed by atoms with Crippen LogP contribution in [-0.2, 0) is 22.6 Å². The fourth-order valence-electron chi connectivity index (χ4n) is 3.66. The molecule has 3 aromatic carbocycles. The van der Waals surface area contributed by atoms with Gasteiger partial charge in [0.2, 0.25) is 5.91 Å². The number of nitrogens with zero attached hydrogens (tertiary/aromatic N) is 1. The second-order valence-electron chi connectivity index (χ2n) is 8.21. The van der Waals surface area contributed by atoms with Crippen molar-refractivity contribution in [2.75, 3.05) is 0 Å². The van der Waals surface area contributed by atoms with E-state index in [0.29, 0.717) is 18.1 Å². The Bertz CT molecular complexity index is 1330. The molecule has 0 aliphatic rings. The van der Waals surface area contributed by atoms with Crippen LogP contribution >= 0.6 is 0 Å². The first-order valence-electron chi connectivity index (χ1n) is 11.5. The lowest BCUT2D eigenvalue weighted by Gasteiger charge is -2.13. The van der Waals surface area contributed by atoms with Gasteiger partial charge in [-0.1, -0.05) is 78.0 Å². The zero-order valence-corrected chi connectivity index (χ0v) is 19.8. The average molecular weight is 483 g/mol. The maximum absolute atomic E-state index is 12.3. The number of hydrogen-bond acceptors (Lipinski definition) is 5. The van der Waals surface area contributed by atoms with Gasteiger partial charge in [0.1, 0.15) is 29.9 Å². The molecule has 7 nitrogen and oxygen atoms in total. The summed E-state index contributed by atoms with van der Waals surface area (Å²) in [5.74, 6) is -0.202. The normalized spacial score (nSPS) is 11.8. The first kappa shape index (κ1) is 24.5. The number of carboxylic acids is 1. The largest absolute Gasteiger partial charge is 0.489 e. The van der Waals surface area contributed by atoms with Gasteiger partial charge >= 0.3 is 5.97 Å². The van der Waals surface area contributed by atoms with Crippen LogP contribution in [0.15, 0.2) is 95.5 Å². The first-order chi connectivity index (χ1) is 17.5. The van der Waals surface area contributed by atoms with Crippen LogP contribution in [0, 0.1) is 6.92 Å². The van der Waals surface area contributed by atoms with E-state index in [1.54, 1.807) is 18.2 Å². The van der Waals surface area contributed by atoms with Gasteiger partial charge < -0.3 is 19.7 Å². The van der Waals surface area contributed by atoms with E-state index in [9.17, 15) is 14.7 Å². The lowest BCUT2D eigenvalue weighted by molar-refractivity contribution is -0.141. The first-order valence-corrected chi connectivity index (χ1v) is 11.5. The number of aryl methyl sites for hydroxylation is 1. The van der Waals surface area contributed by atoms with Gasteiger partial charge in [0.05, 0.1) is 5.56 Å². The molecule has 0 aliphatic carbocycles. The van der Waals surface area contributed by atoms with Gasteiger partial charge in [-0.2, -0.15) is 0 Å². The molecule has 1 atom stereocenters. The van der Waals surface area contributed by atoms with Crippen LogP contribution in [0.2, 0.25) is 0 Å². The van der Waals surface area contributed by atoms with E-state index in [-0.39, 0.29) is 6.42 Å². The highest BCUT2D eigenvalue weighted by molar-refractivity contribution is 5.94. The van der Waals surface area contributed by atoms with Crippen LogP contribution in [0.5, 0.6) is 5.75 Å². The molecular formula is C29H26N2O5.